The third kappa shape index (κ3) is 6.96. The number of carbonyl (C=O) groups is 1. The zero-order chi connectivity index (χ0) is 11.9. The third-order valence-corrected chi connectivity index (χ3v) is 3.61. The normalized spacial score (nSPS) is 12.1. The van der Waals surface area contributed by atoms with Crippen molar-refractivity contribution in [2.45, 2.75) is 40.5 Å². The summed E-state index contributed by atoms with van der Waals surface area (Å²) >= 11 is 1.40. The topological polar surface area (TPSA) is 26.3 Å². The highest BCUT2D eigenvalue weighted by Gasteiger charge is 2.27. The summed E-state index contributed by atoms with van der Waals surface area (Å²) < 4.78 is 4.93. The number of carbonyl (C=O) groups excluding carboxylic acids is 1. The van der Waals surface area contributed by atoms with Gasteiger partial charge in [-0.25, -0.2) is 0 Å². The predicted octanol–water partition coefficient (Wildman–Crippen LogP) is 3.36. The number of thioether (sulfide) groups is 1. The molecule has 0 atom stereocenters. The van der Waals surface area contributed by atoms with E-state index in [2.05, 4.69) is 13.8 Å². The molecule has 0 aliphatic rings. The first-order valence-corrected chi connectivity index (χ1v) is 6.55. The molecule has 0 aromatic carbocycles. The maximum Gasteiger partial charge on any atom is 0.194 e. The number of hydrogen-bond acceptors (Lipinski definition) is 3. The van der Waals surface area contributed by atoms with Crippen molar-refractivity contribution in [3.63, 3.8) is 0 Å². The van der Waals surface area contributed by atoms with Crippen molar-refractivity contribution in [3.8, 4) is 0 Å². The van der Waals surface area contributed by atoms with Crippen molar-refractivity contribution < 1.29 is 9.53 Å². The van der Waals surface area contributed by atoms with Gasteiger partial charge in [-0.05, 0) is 12.3 Å². The molecule has 15 heavy (non-hydrogen) atoms. The van der Waals surface area contributed by atoms with E-state index >= 15 is 0 Å². The fourth-order valence-corrected chi connectivity index (χ4v) is 2.09. The monoisotopic (exact) mass is 232 g/mol. The minimum absolute atomic E-state index is 0.192. The summed E-state index contributed by atoms with van der Waals surface area (Å²) in [5.74, 6) is 1.43. The van der Waals surface area contributed by atoms with Gasteiger partial charge in [0.1, 0.15) is 0 Å². The summed E-state index contributed by atoms with van der Waals surface area (Å²) in [6.07, 6.45) is 2.09. The van der Waals surface area contributed by atoms with E-state index in [4.69, 9.17) is 4.74 Å². The molecular weight excluding hydrogens is 208 g/mol. The van der Waals surface area contributed by atoms with E-state index in [1.54, 1.807) is 7.11 Å². The second-order valence-electron chi connectivity index (χ2n) is 4.95. The van der Waals surface area contributed by atoms with E-state index in [-0.39, 0.29) is 5.41 Å². The largest absolute Gasteiger partial charge is 0.384 e. The number of hydrogen-bond donors (Lipinski definition) is 0. The quantitative estimate of drug-likeness (QED) is 0.630. The Morgan fingerprint density at radius 2 is 2.00 bits per heavy atom. The molecule has 0 unspecified atom stereocenters. The molecule has 2 nitrogen and oxygen atoms in total. The Morgan fingerprint density at radius 1 is 1.40 bits per heavy atom. The van der Waals surface area contributed by atoms with E-state index in [0.717, 1.165) is 18.6 Å². The van der Waals surface area contributed by atoms with Crippen LogP contribution in [0.15, 0.2) is 0 Å². The minimum atomic E-state index is -0.192. The van der Waals surface area contributed by atoms with E-state index in [1.807, 2.05) is 13.8 Å². The maximum atomic E-state index is 11.9. The fraction of sp³-hybridized carbons (Fsp3) is 0.917. The Balaban J connectivity index is 3.91. The van der Waals surface area contributed by atoms with Crippen LogP contribution in [0.25, 0.3) is 0 Å². The second-order valence-corrected chi connectivity index (χ2v) is 6.01. The molecule has 3 heteroatoms. The summed E-state index contributed by atoms with van der Waals surface area (Å²) in [6.45, 7) is 9.11. The highest BCUT2D eigenvalue weighted by atomic mass is 32.2. The van der Waals surface area contributed by atoms with Gasteiger partial charge in [0.15, 0.2) is 5.12 Å². The lowest BCUT2D eigenvalue weighted by atomic mass is 9.87. The van der Waals surface area contributed by atoms with E-state index in [0.29, 0.717) is 17.6 Å². The van der Waals surface area contributed by atoms with Crippen LogP contribution in [0.2, 0.25) is 0 Å². The van der Waals surface area contributed by atoms with Gasteiger partial charge >= 0.3 is 0 Å². The zero-order valence-electron chi connectivity index (χ0n) is 10.6. The van der Waals surface area contributed by atoms with Crippen LogP contribution >= 0.6 is 11.8 Å². The zero-order valence-corrected chi connectivity index (χ0v) is 11.4. The summed E-state index contributed by atoms with van der Waals surface area (Å²) in [4.78, 5) is 11.9. The Labute approximate surface area is 98.2 Å². The Morgan fingerprint density at radius 3 is 2.47 bits per heavy atom. The highest BCUT2D eigenvalue weighted by Crippen LogP contribution is 2.30. The lowest BCUT2D eigenvalue weighted by molar-refractivity contribution is -0.118. The van der Waals surface area contributed by atoms with Crippen molar-refractivity contribution in [1.82, 2.24) is 0 Å². The first-order valence-electron chi connectivity index (χ1n) is 5.56. The van der Waals surface area contributed by atoms with Crippen LogP contribution in [0.3, 0.4) is 0 Å². The van der Waals surface area contributed by atoms with Crippen LogP contribution in [0.5, 0.6) is 0 Å². The van der Waals surface area contributed by atoms with Gasteiger partial charge in [-0.3, -0.25) is 4.79 Å². The van der Waals surface area contributed by atoms with Gasteiger partial charge in [-0.15, -0.1) is 0 Å². The summed E-state index contributed by atoms with van der Waals surface area (Å²) in [7, 11) is 1.66. The van der Waals surface area contributed by atoms with Crippen molar-refractivity contribution in [2.75, 3.05) is 19.5 Å². The Kier molecular flexibility index (Phi) is 7.28. The van der Waals surface area contributed by atoms with Gasteiger partial charge in [0.2, 0.25) is 0 Å². The second kappa shape index (κ2) is 7.29. The Bertz CT molecular complexity index is 188. The molecule has 90 valence electrons. The van der Waals surface area contributed by atoms with Gasteiger partial charge in [-0.1, -0.05) is 45.9 Å². The van der Waals surface area contributed by atoms with Gasteiger partial charge < -0.3 is 4.74 Å². The average molecular weight is 232 g/mol. The fourth-order valence-electron chi connectivity index (χ4n) is 1.16. The standard InChI is InChI=1S/C12H24O2S/c1-10(2)6-7-12(3,4)11(13)15-9-8-14-5/h10H,6-9H2,1-5H3. The summed E-state index contributed by atoms with van der Waals surface area (Å²) in [5.41, 5.74) is -0.192. The van der Waals surface area contributed by atoms with E-state index < -0.39 is 0 Å². The molecule has 0 aliphatic carbocycles. The molecule has 0 fully saturated rings. The Hall–Kier alpha value is -0.0200. The first-order chi connectivity index (χ1) is 6.90. The molecule has 0 bridgehead atoms. The molecule has 0 saturated heterocycles. The molecule has 0 spiro atoms. The van der Waals surface area contributed by atoms with Crippen LogP contribution in [-0.4, -0.2) is 24.6 Å². The van der Waals surface area contributed by atoms with Gasteiger partial charge in [0.25, 0.3) is 0 Å². The first kappa shape index (κ1) is 15.0. The molecule has 0 radical (unpaired) electrons. The van der Waals surface area contributed by atoms with Crippen molar-refractivity contribution in [1.29, 1.82) is 0 Å². The molecule has 0 aromatic rings. The number of ether oxygens (including phenoxy) is 1. The average Bonchev–Trinajstić information content (AvgIpc) is 2.15. The molecule has 0 heterocycles. The molecule has 0 saturated carbocycles. The van der Waals surface area contributed by atoms with Crippen LogP contribution in [0.4, 0.5) is 0 Å². The highest BCUT2D eigenvalue weighted by molar-refractivity contribution is 8.13. The number of rotatable bonds is 7. The molecule has 0 rings (SSSR count). The molecule has 0 aromatic heterocycles. The lowest BCUT2D eigenvalue weighted by Crippen LogP contribution is -2.22. The van der Waals surface area contributed by atoms with E-state index in [1.165, 1.54) is 11.8 Å². The number of methoxy groups -OCH3 is 1. The maximum absolute atomic E-state index is 11.9. The van der Waals surface area contributed by atoms with Gasteiger partial charge in [0.05, 0.1) is 6.61 Å². The van der Waals surface area contributed by atoms with Gasteiger partial charge in [0, 0.05) is 18.3 Å². The minimum Gasteiger partial charge on any atom is -0.384 e. The van der Waals surface area contributed by atoms with Crippen molar-refractivity contribution >= 4 is 16.9 Å². The predicted molar refractivity (Wildman–Crippen MR) is 67.2 cm³/mol. The molecule has 0 aliphatic heterocycles. The third-order valence-electron chi connectivity index (χ3n) is 2.42. The van der Waals surface area contributed by atoms with Crippen molar-refractivity contribution in [2.24, 2.45) is 11.3 Å². The van der Waals surface area contributed by atoms with Gasteiger partial charge in [-0.2, -0.15) is 0 Å². The summed E-state index contributed by atoms with van der Waals surface area (Å²) in [6, 6.07) is 0. The van der Waals surface area contributed by atoms with Crippen molar-refractivity contribution in [3.05, 3.63) is 0 Å². The van der Waals surface area contributed by atoms with Crippen LogP contribution in [0, 0.1) is 11.3 Å². The SMILES string of the molecule is COCCSC(=O)C(C)(C)CCC(C)C. The lowest BCUT2D eigenvalue weighted by Gasteiger charge is -2.23. The summed E-state index contributed by atoms with van der Waals surface area (Å²) in [5, 5.41) is 0.292. The molecule has 0 N–H and O–H groups in total. The van der Waals surface area contributed by atoms with Crippen LogP contribution in [0.1, 0.15) is 40.5 Å². The van der Waals surface area contributed by atoms with Crippen LogP contribution in [-0.2, 0) is 9.53 Å². The van der Waals surface area contributed by atoms with E-state index in [9.17, 15) is 4.79 Å². The van der Waals surface area contributed by atoms with Crippen LogP contribution < -0.4 is 0 Å². The molecule has 0 amide bonds. The smallest absolute Gasteiger partial charge is 0.194 e. The molecular formula is C12H24O2S.